The molecule has 18 heavy (non-hydrogen) atoms. The maximum Gasteiger partial charge on any atom is 0.450 e. The molecule has 1 heterocycles. The molecule has 94 valence electrons. The number of rotatable bonds is 2. The molecule has 0 radical (unpaired) electrons. The fourth-order valence-electron chi connectivity index (χ4n) is 1.47. The molecule has 2 nitrogen and oxygen atoms in total. The van der Waals surface area contributed by atoms with Crippen LogP contribution < -0.4 is 0 Å². The van der Waals surface area contributed by atoms with E-state index >= 15 is 0 Å². The maximum atomic E-state index is 12.6. The lowest BCUT2D eigenvalue weighted by atomic mass is 10.1. The number of alkyl halides is 3. The number of benzene rings is 1. The lowest BCUT2D eigenvalue weighted by Gasteiger charge is -2.02. The number of furan rings is 1. The summed E-state index contributed by atoms with van der Waals surface area (Å²) in [7, 11) is 0. The molecule has 2 rings (SSSR count). The first kappa shape index (κ1) is 12.7. The van der Waals surface area contributed by atoms with Gasteiger partial charge in [0.25, 0.3) is 0 Å². The predicted octanol–water partition coefficient (Wildman–Crippen LogP) is 4.43. The van der Waals surface area contributed by atoms with E-state index in [-0.39, 0.29) is 12.0 Å². The van der Waals surface area contributed by atoms with Crippen molar-refractivity contribution in [2.75, 3.05) is 0 Å². The minimum absolute atomic E-state index is 0.0268. The molecule has 0 aliphatic heterocycles. The molecule has 1 aromatic heterocycles. The van der Waals surface area contributed by atoms with Crippen molar-refractivity contribution in [3.8, 4) is 11.3 Å². The second-order valence-corrected chi connectivity index (χ2v) is 3.95. The maximum absolute atomic E-state index is 12.6. The largest absolute Gasteiger partial charge is 0.451 e. The van der Waals surface area contributed by atoms with Gasteiger partial charge in [0.15, 0.2) is 6.29 Å². The van der Waals surface area contributed by atoms with Crippen molar-refractivity contribution in [1.82, 2.24) is 0 Å². The first-order chi connectivity index (χ1) is 8.41. The Balaban J connectivity index is 2.50. The summed E-state index contributed by atoms with van der Waals surface area (Å²) in [5.74, 6) is -1.32. The Morgan fingerprint density at radius 2 is 1.78 bits per heavy atom. The molecular formula is C12H6ClF3O2. The van der Waals surface area contributed by atoms with E-state index in [9.17, 15) is 18.0 Å². The van der Waals surface area contributed by atoms with Gasteiger partial charge in [0.1, 0.15) is 5.76 Å². The molecule has 0 atom stereocenters. The average Bonchev–Trinajstić information content (AvgIpc) is 2.73. The van der Waals surface area contributed by atoms with Crippen LogP contribution in [0, 0.1) is 0 Å². The quantitative estimate of drug-likeness (QED) is 0.758. The van der Waals surface area contributed by atoms with Crippen LogP contribution in [0.4, 0.5) is 13.2 Å². The van der Waals surface area contributed by atoms with Crippen molar-refractivity contribution < 1.29 is 22.4 Å². The van der Waals surface area contributed by atoms with Crippen LogP contribution in [-0.4, -0.2) is 6.29 Å². The Labute approximate surface area is 105 Å². The zero-order chi connectivity index (χ0) is 13.3. The molecule has 0 saturated carbocycles. The molecule has 0 N–H and O–H groups in total. The summed E-state index contributed by atoms with van der Waals surface area (Å²) < 4.78 is 42.4. The van der Waals surface area contributed by atoms with Gasteiger partial charge in [-0.2, -0.15) is 13.2 Å². The Bertz CT molecular complexity index is 570. The second-order valence-electron chi connectivity index (χ2n) is 3.52. The molecule has 2 aromatic rings. The van der Waals surface area contributed by atoms with Crippen molar-refractivity contribution in [3.63, 3.8) is 0 Å². The first-order valence-electron chi connectivity index (χ1n) is 4.84. The van der Waals surface area contributed by atoms with Crippen molar-refractivity contribution in [2.45, 2.75) is 6.18 Å². The number of hydrogen-bond donors (Lipinski definition) is 0. The van der Waals surface area contributed by atoms with Gasteiger partial charge in [0.2, 0.25) is 5.76 Å². The minimum atomic E-state index is -4.69. The molecule has 0 fully saturated rings. The molecular weight excluding hydrogens is 269 g/mol. The van der Waals surface area contributed by atoms with E-state index in [0.717, 1.165) is 6.07 Å². The molecule has 0 aliphatic rings. The Morgan fingerprint density at radius 3 is 2.22 bits per heavy atom. The summed E-state index contributed by atoms with van der Waals surface area (Å²) in [4.78, 5) is 10.6. The second kappa shape index (κ2) is 4.49. The van der Waals surface area contributed by atoms with E-state index in [1.54, 1.807) is 0 Å². The topological polar surface area (TPSA) is 30.2 Å². The van der Waals surface area contributed by atoms with Gasteiger partial charge < -0.3 is 4.42 Å². The number of carbonyl (C=O) groups is 1. The van der Waals surface area contributed by atoms with Crippen LogP contribution in [0.15, 0.2) is 34.7 Å². The fraction of sp³-hybridized carbons (Fsp3) is 0.0833. The van der Waals surface area contributed by atoms with Crippen molar-refractivity contribution in [1.29, 1.82) is 0 Å². The molecule has 6 heteroatoms. The van der Waals surface area contributed by atoms with Gasteiger partial charge in [-0.15, -0.1) is 0 Å². The number of carbonyl (C=O) groups excluding carboxylic acids is 1. The number of aldehydes is 1. The Morgan fingerprint density at radius 1 is 1.17 bits per heavy atom. The summed E-state index contributed by atoms with van der Waals surface area (Å²) in [5.41, 5.74) is -0.106. The summed E-state index contributed by atoms with van der Waals surface area (Å²) >= 11 is 5.67. The summed E-state index contributed by atoms with van der Waals surface area (Å²) in [6, 6.07) is 7.12. The van der Waals surface area contributed by atoms with E-state index in [2.05, 4.69) is 0 Å². The van der Waals surface area contributed by atoms with Crippen LogP contribution in [-0.2, 0) is 6.18 Å². The first-order valence-corrected chi connectivity index (χ1v) is 5.22. The predicted molar refractivity (Wildman–Crippen MR) is 59.5 cm³/mol. The highest BCUT2D eigenvalue weighted by molar-refractivity contribution is 6.30. The van der Waals surface area contributed by atoms with Crippen LogP contribution in [0.3, 0.4) is 0 Å². The third-order valence-corrected chi connectivity index (χ3v) is 2.53. The standard InChI is InChI=1S/C12H6ClF3O2/c13-9-3-1-7(2-4-9)10-5-8(6-17)11(18-10)12(14,15)16/h1-6H. The average molecular weight is 275 g/mol. The van der Waals surface area contributed by atoms with Crippen LogP contribution >= 0.6 is 11.6 Å². The van der Waals surface area contributed by atoms with Crippen LogP contribution in [0.2, 0.25) is 5.02 Å². The van der Waals surface area contributed by atoms with E-state index in [1.165, 1.54) is 24.3 Å². The number of halogens is 4. The monoisotopic (exact) mass is 274 g/mol. The van der Waals surface area contributed by atoms with Crippen molar-refractivity contribution in [2.24, 2.45) is 0 Å². The zero-order valence-corrected chi connectivity index (χ0v) is 9.55. The highest BCUT2D eigenvalue weighted by Gasteiger charge is 2.38. The highest BCUT2D eigenvalue weighted by Crippen LogP contribution is 2.36. The van der Waals surface area contributed by atoms with Gasteiger partial charge >= 0.3 is 6.18 Å². The van der Waals surface area contributed by atoms with Crippen LogP contribution in [0.5, 0.6) is 0 Å². The van der Waals surface area contributed by atoms with Crippen LogP contribution in [0.1, 0.15) is 16.1 Å². The van der Waals surface area contributed by atoms with Gasteiger partial charge in [-0.05, 0) is 30.3 Å². The smallest absolute Gasteiger partial charge is 0.450 e. The lowest BCUT2D eigenvalue weighted by molar-refractivity contribution is -0.152. The molecule has 0 unspecified atom stereocenters. The summed E-state index contributed by atoms with van der Waals surface area (Å²) in [6.45, 7) is 0. The third-order valence-electron chi connectivity index (χ3n) is 2.27. The molecule has 1 aromatic carbocycles. The van der Waals surface area contributed by atoms with Crippen molar-refractivity contribution in [3.05, 3.63) is 46.7 Å². The molecule has 0 aliphatic carbocycles. The van der Waals surface area contributed by atoms with Gasteiger partial charge in [0.05, 0.1) is 5.56 Å². The van der Waals surface area contributed by atoms with E-state index in [0.29, 0.717) is 10.6 Å². The molecule has 0 saturated heterocycles. The van der Waals surface area contributed by atoms with Crippen LogP contribution in [0.25, 0.3) is 11.3 Å². The van der Waals surface area contributed by atoms with E-state index in [4.69, 9.17) is 16.0 Å². The van der Waals surface area contributed by atoms with Gasteiger partial charge in [-0.1, -0.05) is 11.6 Å². The molecule has 0 spiro atoms. The van der Waals surface area contributed by atoms with Crippen molar-refractivity contribution >= 4 is 17.9 Å². The van der Waals surface area contributed by atoms with Gasteiger partial charge in [-0.3, -0.25) is 4.79 Å². The van der Waals surface area contributed by atoms with E-state index < -0.39 is 17.5 Å². The highest BCUT2D eigenvalue weighted by atomic mass is 35.5. The fourth-order valence-corrected chi connectivity index (χ4v) is 1.60. The zero-order valence-electron chi connectivity index (χ0n) is 8.79. The Hall–Kier alpha value is -1.75. The normalized spacial score (nSPS) is 11.6. The SMILES string of the molecule is O=Cc1cc(-c2ccc(Cl)cc2)oc1C(F)(F)F. The third kappa shape index (κ3) is 2.41. The minimum Gasteiger partial charge on any atom is -0.451 e. The summed E-state index contributed by atoms with van der Waals surface area (Å²) in [6.07, 6.45) is -4.58. The molecule has 0 amide bonds. The Kier molecular flexibility index (Phi) is 3.17. The van der Waals surface area contributed by atoms with Gasteiger partial charge in [-0.25, -0.2) is 0 Å². The summed E-state index contributed by atoms with van der Waals surface area (Å²) in [5, 5.41) is 0.456. The van der Waals surface area contributed by atoms with Gasteiger partial charge in [0, 0.05) is 10.6 Å². The van der Waals surface area contributed by atoms with E-state index in [1.807, 2.05) is 0 Å². The lowest BCUT2D eigenvalue weighted by Crippen LogP contribution is -2.05. The molecule has 0 bridgehead atoms. The number of hydrogen-bond acceptors (Lipinski definition) is 2.